The van der Waals surface area contributed by atoms with Gasteiger partial charge in [-0.15, -0.1) is 0 Å². The number of aryl methyl sites for hydroxylation is 1. The average molecular weight is 310 g/mol. The molecule has 17 heavy (non-hydrogen) atoms. The van der Waals surface area contributed by atoms with Gasteiger partial charge >= 0.3 is 6.18 Å². The summed E-state index contributed by atoms with van der Waals surface area (Å²) in [6.07, 6.45) is -2.79. The Morgan fingerprint density at radius 3 is 2.41 bits per heavy atom. The Balaban J connectivity index is 2.77. The first-order chi connectivity index (χ1) is 7.80. The second-order valence-electron chi connectivity index (χ2n) is 4.21. The van der Waals surface area contributed by atoms with Gasteiger partial charge in [0.15, 0.2) is 0 Å². The minimum absolute atomic E-state index is 0.583. The number of benzene rings is 1. The monoisotopic (exact) mass is 309 g/mol. The van der Waals surface area contributed by atoms with Crippen LogP contribution < -0.4 is 0 Å². The van der Waals surface area contributed by atoms with Crippen LogP contribution in [0.3, 0.4) is 0 Å². The van der Waals surface area contributed by atoms with Crippen LogP contribution in [0, 0.1) is 0 Å². The van der Waals surface area contributed by atoms with Gasteiger partial charge in [-0.2, -0.15) is 13.2 Å². The Morgan fingerprint density at radius 2 is 1.88 bits per heavy atom. The van der Waals surface area contributed by atoms with E-state index >= 15 is 0 Å². The molecule has 0 unspecified atom stereocenters. The molecule has 96 valence electrons. The van der Waals surface area contributed by atoms with Gasteiger partial charge in [-0.05, 0) is 57.2 Å². The third-order valence-electron chi connectivity index (χ3n) is 2.42. The van der Waals surface area contributed by atoms with E-state index in [1.807, 2.05) is 19.0 Å². The normalized spacial score (nSPS) is 12.2. The van der Waals surface area contributed by atoms with Crippen LogP contribution in [0.25, 0.3) is 0 Å². The van der Waals surface area contributed by atoms with E-state index in [-0.39, 0.29) is 0 Å². The van der Waals surface area contributed by atoms with Crippen molar-refractivity contribution in [3.8, 4) is 0 Å². The number of alkyl halides is 3. The Bertz CT molecular complexity index is 375. The molecule has 0 aliphatic heterocycles. The predicted octanol–water partition coefficient (Wildman–Crippen LogP) is 3.96. The quantitative estimate of drug-likeness (QED) is 0.813. The molecular formula is C12H15BrF3N. The van der Waals surface area contributed by atoms with Gasteiger partial charge in [0.05, 0.1) is 5.56 Å². The zero-order valence-electron chi connectivity index (χ0n) is 9.81. The van der Waals surface area contributed by atoms with Crippen LogP contribution in [0.15, 0.2) is 22.7 Å². The summed E-state index contributed by atoms with van der Waals surface area (Å²) in [6, 6.07) is 3.78. The summed E-state index contributed by atoms with van der Waals surface area (Å²) in [7, 11) is 3.89. The zero-order valence-corrected chi connectivity index (χ0v) is 11.4. The number of hydrogen-bond donors (Lipinski definition) is 0. The SMILES string of the molecule is CN(C)CCCc1cc(C(F)(F)F)ccc1Br. The van der Waals surface area contributed by atoms with Gasteiger partial charge in [0.25, 0.3) is 0 Å². The van der Waals surface area contributed by atoms with Crippen LogP contribution in [-0.2, 0) is 12.6 Å². The summed E-state index contributed by atoms with van der Waals surface area (Å²) in [5, 5.41) is 0. The van der Waals surface area contributed by atoms with Gasteiger partial charge in [0.2, 0.25) is 0 Å². The third kappa shape index (κ3) is 4.68. The molecule has 0 aliphatic carbocycles. The maximum Gasteiger partial charge on any atom is 0.416 e. The van der Waals surface area contributed by atoms with Gasteiger partial charge in [-0.3, -0.25) is 0 Å². The van der Waals surface area contributed by atoms with Crippen LogP contribution in [0.2, 0.25) is 0 Å². The van der Waals surface area contributed by atoms with Gasteiger partial charge in [-0.1, -0.05) is 15.9 Å². The molecule has 0 N–H and O–H groups in total. The molecular weight excluding hydrogens is 295 g/mol. The van der Waals surface area contributed by atoms with Crippen LogP contribution >= 0.6 is 15.9 Å². The molecule has 1 aromatic carbocycles. The fourth-order valence-corrected chi connectivity index (χ4v) is 1.97. The van der Waals surface area contributed by atoms with E-state index in [2.05, 4.69) is 15.9 Å². The molecule has 0 saturated heterocycles. The lowest BCUT2D eigenvalue weighted by Crippen LogP contribution is -2.13. The lowest BCUT2D eigenvalue weighted by atomic mass is 10.1. The summed E-state index contributed by atoms with van der Waals surface area (Å²) in [4.78, 5) is 2.02. The van der Waals surface area contributed by atoms with E-state index < -0.39 is 11.7 Å². The molecule has 0 saturated carbocycles. The highest BCUT2D eigenvalue weighted by atomic mass is 79.9. The standard InChI is InChI=1S/C12H15BrF3N/c1-17(2)7-3-4-9-8-10(12(14,15)16)5-6-11(9)13/h5-6,8H,3-4,7H2,1-2H3. The summed E-state index contributed by atoms with van der Waals surface area (Å²) >= 11 is 3.28. The Morgan fingerprint density at radius 1 is 1.24 bits per heavy atom. The second kappa shape index (κ2) is 5.87. The maximum atomic E-state index is 12.5. The summed E-state index contributed by atoms with van der Waals surface area (Å²) < 4.78 is 38.3. The number of halogens is 4. The van der Waals surface area contributed by atoms with E-state index in [4.69, 9.17) is 0 Å². The van der Waals surface area contributed by atoms with Crippen molar-refractivity contribution in [2.45, 2.75) is 19.0 Å². The van der Waals surface area contributed by atoms with Gasteiger partial charge < -0.3 is 4.90 Å². The Kier molecular flexibility index (Phi) is 5.01. The first kappa shape index (κ1) is 14.5. The van der Waals surface area contributed by atoms with Crippen molar-refractivity contribution in [1.82, 2.24) is 4.90 Å². The molecule has 0 heterocycles. The Hall–Kier alpha value is -0.550. The van der Waals surface area contributed by atoms with Crippen molar-refractivity contribution < 1.29 is 13.2 Å². The summed E-state index contributed by atoms with van der Waals surface area (Å²) in [5.74, 6) is 0. The number of nitrogens with zero attached hydrogens (tertiary/aromatic N) is 1. The highest BCUT2D eigenvalue weighted by molar-refractivity contribution is 9.10. The van der Waals surface area contributed by atoms with Crippen molar-refractivity contribution in [1.29, 1.82) is 0 Å². The van der Waals surface area contributed by atoms with Crippen LogP contribution in [0.5, 0.6) is 0 Å². The largest absolute Gasteiger partial charge is 0.416 e. The van der Waals surface area contributed by atoms with Gasteiger partial charge in [0.1, 0.15) is 0 Å². The molecule has 0 amide bonds. The van der Waals surface area contributed by atoms with E-state index in [1.54, 1.807) is 0 Å². The van der Waals surface area contributed by atoms with Crippen molar-refractivity contribution in [2.24, 2.45) is 0 Å². The molecule has 5 heteroatoms. The minimum atomic E-state index is -4.27. The Labute approximate surface area is 108 Å². The second-order valence-corrected chi connectivity index (χ2v) is 5.07. The van der Waals surface area contributed by atoms with E-state index in [1.165, 1.54) is 12.1 Å². The zero-order chi connectivity index (χ0) is 13.1. The van der Waals surface area contributed by atoms with Crippen molar-refractivity contribution in [2.75, 3.05) is 20.6 Å². The van der Waals surface area contributed by atoms with Crippen molar-refractivity contribution >= 4 is 15.9 Å². The topological polar surface area (TPSA) is 3.24 Å². The van der Waals surface area contributed by atoms with Crippen molar-refractivity contribution in [3.63, 3.8) is 0 Å². The van der Waals surface area contributed by atoms with Crippen LogP contribution in [-0.4, -0.2) is 25.5 Å². The highest BCUT2D eigenvalue weighted by Gasteiger charge is 2.30. The number of rotatable bonds is 4. The molecule has 0 radical (unpaired) electrons. The van der Waals surface area contributed by atoms with E-state index in [0.717, 1.165) is 23.5 Å². The fraction of sp³-hybridized carbons (Fsp3) is 0.500. The van der Waals surface area contributed by atoms with Crippen molar-refractivity contribution in [3.05, 3.63) is 33.8 Å². The summed E-state index contributed by atoms with van der Waals surface area (Å²) in [6.45, 7) is 0.864. The number of hydrogen-bond acceptors (Lipinski definition) is 1. The average Bonchev–Trinajstić information content (AvgIpc) is 2.18. The predicted molar refractivity (Wildman–Crippen MR) is 66.0 cm³/mol. The van der Waals surface area contributed by atoms with E-state index in [0.29, 0.717) is 12.0 Å². The van der Waals surface area contributed by atoms with Crippen LogP contribution in [0.4, 0.5) is 13.2 Å². The molecule has 0 bridgehead atoms. The molecule has 0 spiro atoms. The molecule has 1 rings (SSSR count). The lowest BCUT2D eigenvalue weighted by Gasteiger charge is -2.12. The van der Waals surface area contributed by atoms with Crippen LogP contribution in [0.1, 0.15) is 17.5 Å². The minimum Gasteiger partial charge on any atom is -0.309 e. The smallest absolute Gasteiger partial charge is 0.309 e. The molecule has 1 aromatic rings. The molecule has 1 nitrogen and oxygen atoms in total. The van der Waals surface area contributed by atoms with Gasteiger partial charge in [-0.25, -0.2) is 0 Å². The fourth-order valence-electron chi connectivity index (χ4n) is 1.53. The molecule has 0 atom stereocenters. The van der Waals surface area contributed by atoms with E-state index in [9.17, 15) is 13.2 Å². The lowest BCUT2D eigenvalue weighted by molar-refractivity contribution is -0.137. The maximum absolute atomic E-state index is 12.5. The summed E-state index contributed by atoms with van der Waals surface area (Å²) in [5.41, 5.74) is 0.127. The first-order valence-electron chi connectivity index (χ1n) is 5.31. The highest BCUT2D eigenvalue weighted by Crippen LogP contribution is 2.32. The molecule has 0 aliphatic rings. The third-order valence-corrected chi connectivity index (χ3v) is 3.20. The van der Waals surface area contributed by atoms with Gasteiger partial charge in [0, 0.05) is 4.47 Å². The first-order valence-corrected chi connectivity index (χ1v) is 6.10. The molecule has 0 fully saturated rings. The molecule has 0 aromatic heterocycles.